The first-order valence-corrected chi connectivity index (χ1v) is 10.4. The van der Waals surface area contributed by atoms with Gasteiger partial charge in [0.1, 0.15) is 0 Å². The van der Waals surface area contributed by atoms with Crippen molar-refractivity contribution in [2.75, 3.05) is 24.4 Å². The average Bonchev–Trinajstić information content (AvgIpc) is 2.67. The van der Waals surface area contributed by atoms with Crippen LogP contribution in [0.3, 0.4) is 0 Å². The molecule has 0 unspecified atom stereocenters. The van der Waals surface area contributed by atoms with Crippen LogP contribution in [0.25, 0.3) is 0 Å². The highest BCUT2D eigenvalue weighted by molar-refractivity contribution is 7.92. The van der Waals surface area contributed by atoms with Crippen LogP contribution < -0.4 is 4.72 Å². The smallest absolute Gasteiger partial charge is 0.270 e. The molecule has 29 heavy (non-hydrogen) atoms. The zero-order chi connectivity index (χ0) is 21.2. The molecule has 2 aromatic rings. The Morgan fingerprint density at radius 3 is 2.62 bits per heavy atom. The SMILES string of the molecule is CC1(C)CN(C(=O)c2ccccc2NS(=O)(=O)c2cccc([N+](=O)[O-])c2)CCO1. The lowest BCUT2D eigenvalue weighted by molar-refractivity contribution is -0.385. The minimum Gasteiger partial charge on any atom is -0.372 e. The Labute approximate surface area is 168 Å². The maximum Gasteiger partial charge on any atom is 0.270 e. The Morgan fingerprint density at radius 1 is 1.21 bits per heavy atom. The summed E-state index contributed by atoms with van der Waals surface area (Å²) in [5.41, 5.74) is -0.536. The fraction of sp³-hybridized carbons (Fsp3) is 0.316. The molecule has 1 fully saturated rings. The molecule has 0 radical (unpaired) electrons. The number of non-ortho nitro benzene ring substituents is 1. The number of ether oxygens (including phenoxy) is 1. The Balaban J connectivity index is 1.90. The van der Waals surface area contributed by atoms with Gasteiger partial charge in [0.15, 0.2) is 0 Å². The summed E-state index contributed by atoms with van der Waals surface area (Å²) in [5, 5.41) is 10.9. The molecule has 9 nitrogen and oxygen atoms in total. The third kappa shape index (κ3) is 4.72. The fourth-order valence-corrected chi connectivity index (χ4v) is 4.21. The lowest BCUT2D eigenvalue weighted by atomic mass is 10.1. The first kappa shape index (κ1) is 20.7. The molecule has 0 aliphatic carbocycles. The number of hydrogen-bond acceptors (Lipinski definition) is 6. The minimum absolute atomic E-state index is 0.105. The third-order valence-corrected chi connectivity index (χ3v) is 5.82. The molecule has 0 atom stereocenters. The number of rotatable bonds is 5. The number of benzene rings is 2. The number of amides is 1. The van der Waals surface area contributed by atoms with Crippen LogP contribution in [-0.2, 0) is 14.8 Å². The Bertz CT molecular complexity index is 1050. The molecular formula is C19H21N3O6S. The molecule has 0 bridgehead atoms. The number of sulfonamides is 1. The highest BCUT2D eigenvalue weighted by atomic mass is 32.2. The second-order valence-corrected chi connectivity index (χ2v) is 8.92. The zero-order valence-electron chi connectivity index (χ0n) is 16.0. The van der Waals surface area contributed by atoms with E-state index in [1.807, 2.05) is 13.8 Å². The Morgan fingerprint density at radius 2 is 1.93 bits per heavy atom. The van der Waals surface area contributed by atoms with E-state index in [-0.39, 0.29) is 27.7 Å². The predicted molar refractivity (Wildman–Crippen MR) is 106 cm³/mol. The molecule has 3 rings (SSSR count). The fourth-order valence-electron chi connectivity index (χ4n) is 3.09. The number of para-hydroxylation sites is 1. The van der Waals surface area contributed by atoms with E-state index < -0.39 is 20.5 Å². The van der Waals surface area contributed by atoms with Crippen LogP contribution in [0.5, 0.6) is 0 Å². The Kier molecular flexibility index (Phi) is 5.58. The number of carbonyl (C=O) groups excluding carboxylic acids is 1. The van der Waals surface area contributed by atoms with Crippen LogP contribution in [0.15, 0.2) is 53.4 Å². The van der Waals surface area contributed by atoms with Gasteiger partial charge in [0.05, 0.1) is 33.3 Å². The van der Waals surface area contributed by atoms with Crippen molar-refractivity contribution in [2.24, 2.45) is 0 Å². The molecule has 10 heteroatoms. The summed E-state index contributed by atoms with van der Waals surface area (Å²) < 4.78 is 33.5. The van der Waals surface area contributed by atoms with E-state index in [4.69, 9.17) is 4.74 Å². The first-order valence-electron chi connectivity index (χ1n) is 8.89. The van der Waals surface area contributed by atoms with E-state index in [1.165, 1.54) is 30.3 Å². The molecule has 0 saturated carbocycles. The number of anilines is 1. The standard InChI is InChI=1S/C19H21N3O6S/c1-19(2)13-21(10-11-28-19)18(23)16-8-3-4-9-17(16)20-29(26,27)15-7-5-6-14(12-15)22(24)25/h3-9,12,20H,10-11,13H2,1-2H3. The largest absolute Gasteiger partial charge is 0.372 e. The maximum atomic E-state index is 13.0. The predicted octanol–water partition coefficient (Wildman–Crippen LogP) is 2.65. The number of nitro benzene ring substituents is 1. The molecule has 1 N–H and O–H groups in total. The molecule has 0 spiro atoms. The van der Waals surface area contributed by atoms with Gasteiger partial charge in [0, 0.05) is 25.2 Å². The van der Waals surface area contributed by atoms with Crippen molar-refractivity contribution in [3.8, 4) is 0 Å². The number of carbonyl (C=O) groups is 1. The summed E-state index contributed by atoms with van der Waals surface area (Å²) in [6.07, 6.45) is 0. The van der Waals surface area contributed by atoms with Gasteiger partial charge in [-0.25, -0.2) is 8.42 Å². The van der Waals surface area contributed by atoms with E-state index >= 15 is 0 Å². The molecular weight excluding hydrogens is 398 g/mol. The lowest BCUT2D eigenvalue weighted by Crippen LogP contribution is -2.50. The van der Waals surface area contributed by atoms with Gasteiger partial charge in [-0.2, -0.15) is 0 Å². The number of nitro groups is 1. The van der Waals surface area contributed by atoms with E-state index in [0.29, 0.717) is 19.7 Å². The van der Waals surface area contributed by atoms with Crippen molar-refractivity contribution in [3.63, 3.8) is 0 Å². The summed E-state index contributed by atoms with van der Waals surface area (Å²) in [4.78, 5) is 24.6. The molecule has 0 aromatic heterocycles. The van der Waals surface area contributed by atoms with E-state index in [2.05, 4.69) is 4.72 Å². The summed E-state index contributed by atoms with van der Waals surface area (Å²) in [7, 11) is -4.13. The van der Waals surface area contributed by atoms with E-state index in [0.717, 1.165) is 6.07 Å². The van der Waals surface area contributed by atoms with Gasteiger partial charge in [-0.3, -0.25) is 19.6 Å². The number of nitrogens with zero attached hydrogens (tertiary/aromatic N) is 2. The number of hydrogen-bond donors (Lipinski definition) is 1. The highest BCUT2D eigenvalue weighted by Gasteiger charge is 2.31. The second-order valence-electron chi connectivity index (χ2n) is 7.24. The van der Waals surface area contributed by atoms with Crippen molar-refractivity contribution in [1.29, 1.82) is 0 Å². The normalized spacial score (nSPS) is 16.3. The van der Waals surface area contributed by atoms with Crippen LogP contribution in [0.2, 0.25) is 0 Å². The van der Waals surface area contributed by atoms with Gasteiger partial charge in [0.2, 0.25) is 0 Å². The molecule has 1 saturated heterocycles. The molecule has 1 heterocycles. The van der Waals surface area contributed by atoms with Gasteiger partial charge in [-0.1, -0.05) is 18.2 Å². The highest BCUT2D eigenvalue weighted by Crippen LogP contribution is 2.25. The number of morpholine rings is 1. The minimum atomic E-state index is -4.13. The van der Waals surface area contributed by atoms with Gasteiger partial charge >= 0.3 is 0 Å². The van der Waals surface area contributed by atoms with Crippen molar-refractivity contribution in [3.05, 3.63) is 64.2 Å². The van der Waals surface area contributed by atoms with Crippen LogP contribution in [0.1, 0.15) is 24.2 Å². The van der Waals surface area contributed by atoms with E-state index in [1.54, 1.807) is 17.0 Å². The van der Waals surface area contributed by atoms with Gasteiger partial charge < -0.3 is 9.64 Å². The number of nitrogens with one attached hydrogen (secondary N) is 1. The third-order valence-electron chi connectivity index (χ3n) is 4.45. The van der Waals surface area contributed by atoms with Crippen LogP contribution in [-0.4, -0.2) is 49.4 Å². The van der Waals surface area contributed by atoms with Crippen LogP contribution in [0, 0.1) is 10.1 Å². The second kappa shape index (κ2) is 7.80. The summed E-state index contributed by atoms with van der Waals surface area (Å²) in [6.45, 7) is 4.92. The van der Waals surface area contributed by atoms with Crippen molar-refractivity contribution in [2.45, 2.75) is 24.3 Å². The van der Waals surface area contributed by atoms with Crippen LogP contribution in [0.4, 0.5) is 11.4 Å². The topological polar surface area (TPSA) is 119 Å². The quantitative estimate of drug-likeness (QED) is 0.588. The van der Waals surface area contributed by atoms with Crippen LogP contribution >= 0.6 is 0 Å². The monoisotopic (exact) mass is 419 g/mol. The summed E-state index contributed by atoms with van der Waals surface area (Å²) >= 11 is 0. The van der Waals surface area contributed by atoms with Gasteiger partial charge in [-0.05, 0) is 32.0 Å². The molecule has 154 valence electrons. The molecule has 2 aromatic carbocycles. The molecule has 1 amide bonds. The molecule has 1 aliphatic heterocycles. The van der Waals surface area contributed by atoms with Crippen molar-refractivity contribution in [1.82, 2.24) is 4.90 Å². The van der Waals surface area contributed by atoms with Crippen molar-refractivity contribution < 1.29 is 22.9 Å². The zero-order valence-corrected chi connectivity index (χ0v) is 16.8. The molecule has 1 aliphatic rings. The van der Waals surface area contributed by atoms with Gasteiger partial charge in [-0.15, -0.1) is 0 Å². The maximum absolute atomic E-state index is 13.0. The summed E-state index contributed by atoms with van der Waals surface area (Å²) in [6, 6.07) is 11.0. The Hall–Kier alpha value is -2.98. The average molecular weight is 419 g/mol. The first-order chi connectivity index (χ1) is 13.6. The van der Waals surface area contributed by atoms with Crippen molar-refractivity contribution >= 4 is 27.3 Å². The lowest BCUT2D eigenvalue weighted by Gasteiger charge is -2.38. The summed E-state index contributed by atoms with van der Waals surface area (Å²) in [5.74, 6) is -0.321. The van der Waals surface area contributed by atoms with Gasteiger partial charge in [0.25, 0.3) is 21.6 Å². The van der Waals surface area contributed by atoms with E-state index in [9.17, 15) is 23.3 Å².